The van der Waals surface area contributed by atoms with Crippen LogP contribution in [0.25, 0.3) is 0 Å². The van der Waals surface area contributed by atoms with E-state index >= 15 is 0 Å². The van der Waals surface area contributed by atoms with Gasteiger partial charge in [-0.2, -0.15) is 0 Å². The predicted octanol–water partition coefficient (Wildman–Crippen LogP) is 3.03. The van der Waals surface area contributed by atoms with Gasteiger partial charge in [0.2, 0.25) is 0 Å². The van der Waals surface area contributed by atoms with Crippen molar-refractivity contribution in [2.24, 2.45) is 4.99 Å². The zero-order valence-electron chi connectivity index (χ0n) is 7.54. The molecule has 1 heteroatoms. The van der Waals surface area contributed by atoms with Crippen LogP contribution in [-0.2, 0) is 0 Å². The van der Waals surface area contributed by atoms with Crippen molar-refractivity contribution in [1.82, 2.24) is 0 Å². The summed E-state index contributed by atoms with van der Waals surface area (Å²) in [6.45, 7) is 7.65. The molecule has 0 heterocycles. The van der Waals surface area contributed by atoms with Crippen LogP contribution in [0.2, 0.25) is 0 Å². The number of allylic oxidation sites excluding steroid dienone is 7. The molecule has 0 saturated heterocycles. The molecule has 0 radical (unpaired) electrons. The molecule has 0 aromatic heterocycles. The third kappa shape index (κ3) is 2.06. The van der Waals surface area contributed by atoms with Gasteiger partial charge in [0.15, 0.2) is 0 Å². The van der Waals surface area contributed by atoms with E-state index in [4.69, 9.17) is 0 Å². The normalized spacial score (nSPS) is 22.2. The molecule has 0 aromatic carbocycles. The number of hydrogen-bond acceptors (Lipinski definition) is 1. The van der Waals surface area contributed by atoms with Crippen LogP contribution in [-0.4, -0.2) is 5.71 Å². The van der Waals surface area contributed by atoms with Crippen LogP contribution in [0.5, 0.6) is 0 Å². The van der Waals surface area contributed by atoms with Crippen LogP contribution < -0.4 is 0 Å². The monoisotopic (exact) mass is 159 g/mol. The van der Waals surface area contributed by atoms with Gasteiger partial charge in [-0.05, 0) is 25.5 Å². The van der Waals surface area contributed by atoms with Gasteiger partial charge in [-0.25, -0.2) is 0 Å². The highest BCUT2D eigenvalue weighted by molar-refractivity contribution is 6.11. The lowest BCUT2D eigenvalue weighted by Crippen LogP contribution is -1.99. The Kier molecular flexibility index (Phi) is 2.81. The Labute approximate surface area is 73.5 Å². The molecule has 0 atom stereocenters. The third-order valence-electron chi connectivity index (χ3n) is 1.56. The summed E-state index contributed by atoms with van der Waals surface area (Å²) in [7, 11) is 0. The molecule has 62 valence electrons. The molecule has 0 aliphatic heterocycles. The maximum atomic E-state index is 4.30. The van der Waals surface area contributed by atoms with Gasteiger partial charge in [0, 0.05) is 5.70 Å². The van der Waals surface area contributed by atoms with E-state index in [1.807, 2.05) is 44.2 Å². The van der Waals surface area contributed by atoms with Gasteiger partial charge in [-0.1, -0.05) is 30.9 Å². The quantitative estimate of drug-likeness (QED) is 0.557. The van der Waals surface area contributed by atoms with Gasteiger partial charge >= 0.3 is 0 Å². The minimum absolute atomic E-state index is 0.837. The minimum Gasteiger partial charge on any atom is -0.254 e. The highest BCUT2D eigenvalue weighted by atomic mass is 14.7. The second kappa shape index (κ2) is 3.86. The van der Waals surface area contributed by atoms with Crippen LogP contribution in [0.3, 0.4) is 0 Å². The standard InChI is InChI=1S/C11H13N/c1-4-10-7-5-6-8-11(10)12-9(2)3/h4-8H,2H2,1,3H3/b10-4-,12-11-. The van der Waals surface area contributed by atoms with Crippen molar-refractivity contribution in [2.75, 3.05) is 0 Å². The summed E-state index contributed by atoms with van der Waals surface area (Å²) < 4.78 is 0. The molecule has 1 nitrogen and oxygen atoms in total. The maximum absolute atomic E-state index is 4.30. The first kappa shape index (κ1) is 8.72. The highest BCUT2D eigenvalue weighted by Crippen LogP contribution is 2.09. The fourth-order valence-electron chi connectivity index (χ4n) is 1.04. The lowest BCUT2D eigenvalue weighted by molar-refractivity contribution is 1.32. The fraction of sp³-hybridized carbons (Fsp3) is 0.182. The van der Waals surface area contributed by atoms with E-state index in [0.29, 0.717) is 0 Å². The Hall–Kier alpha value is -1.37. The summed E-state index contributed by atoms with van der Waals surface area (Å²) >= 11 is 0. The lowest BCUT2D eigenvalue weighted by Gasteiger charge is -2.05. The summed E-state index contributed by atoms with van der Waals surface area (Å²) in [4.78, 5) is 4.30. The lowest BCUT2D eigenvalue weighted by atomic mass is 10.1. The average molecular weight is 159 g/mol. The van der Waals surface area contributed by atoms with Gasteiger partial charge in [-0.3, -0.25) is 4.99 Å². The average Bonchev–Trinajstić information content (AvgIpc) is 2.04. The van der Waals surface area contributed by atoms with Gasteiger partial charge in [0.1, 0.15) is 0 Å². The molecule has 1 aliphatic rings. The Morgan fingerprint density at radius 2 is 2.08 bits per heavy atom. The molecule has 0 unspecified atom stereocenters. The number of aliphatic imine (C=N–C) groups is 1. The number of rotatable bonds is 1. The molecule has 0 spiro atoms. The van der Waals surface area contributed by atoms with Crippen molar-refractivity contribution >= 4 is 5.71 Å². The van der Waals surface area contributed by atoms with E-state index in [2.05, 4.69) is 11.6 Å². The van der Waals surface area contributed by atoms with Gasteiger partial charge in [0.25, 0.3) is 0 Å². The second-order valence-electron chi connectivity index (χ2n) is 2.69. The molecule has 0 amide bonds. The Balaban J connectivity index is 2.98. The topological polar surface area (TPSA) is 12.4 Å². The summed E-state index contributed by atoms with van der Waals surface area (Å²) in [6, 6.07) is 0. The van der Waals surface area contributed by atoms with E-state index in [1.54, 1.807) is 0 Å². The van der Waals surface area contributed by atoms with E-state index < -0.39 is 0 Å². The Morgan fingerprint density at radius 1 is 1.42 bits per heavy atom. The van der Waals surface area contributed by atoms with Gasteiger partial charge < -0.3 is 0 Å². The van der Waals surface area contributed by atoms with Crippen LogP contribution >= 0.6 is 0 Å². The van der Waals surface area contributed by atoms with Gasteiger partial charge in [-0.15, -0.1) is 0 Å². The summed E-state index contributed by atoms with van der Waals surface area (Å²) in [6.07, 6.45) is 10.1. The summed E-state index contributed by atoms with van der Waals surface area (Å²) in [5.74, 6) is 0. The molecular weight excluding hydrogens is 146 g/mol. The van der Waals surface area contributed by atoms with Crippen molar-refractivity contribution in [2.45, 2.75) is 13.8 Å². The maximum Gasteiger partial charge on any atom is 0.0701 e. The first-order valence-electron chi connectivity index (χ1n) is 3.99. The Morgan fingerprint density at radius 3 is 2.67 bits per heavy atom. The Bertz CT molecular complexity index is 301. The summed E-state index contributed by atoms with van der Waals surface area (Å²) in [5.41, 5.74) is 2.98. The van der Waals surface area contributed by atoms with Crippen LogP contribution in [0.15, 0.2) is 53.2 Å². The number of hydrogen-bond donors (Lipinski definition) is 0. The minimum atomic E-state index is 0.837. The SMILES string of the molecule is C=C(C)/N=C1/C=CC=C/C1=C/C. The van der Waals surface area contributed by atoms with Crippen molar-refractivity contribution in [1.29, 1.82) is 0 Å². The third-order valence-corrected chi connectivity index (χ3v) is 1.56. The van der Waals surface area contributed by atoms with E-state index in [0.717, 1.165) is 17.0 Å². The van der Waals surface area contributed by atoms with Crippen molar-refractivity contribution in [3.8, 4) is 0 Å². The van der Waals surface area contributed by atoms with Gasteiger partial charge in [0.05, 0.1) is 5.71 Å². The van der Waals surface area contributed by atoms with E-state index in [1.165, 1.54) is 0 Å². The molecular formula is C11H13N. The van der Waals surface area contributed by atoms with Crippen molar-refractivity contribution < 1.29 is 0 Å². The van der Waals surface area contributed by atoms with Crippen LogP contribution in [0.1, 0.15) is 13.8 Å². The summed E-state index contributed by atoms with van der Waals surface area (Å²) in [5, 5.41) is 0. The molecule has 12 heavy (non-hydrogen) atoms. The molecule has 0 aromatic rings. The first-order valence-corrected chi connectivity index (χ1v) is 3.99. The second-order valence-corrected chi connectivity index (χ2v) is 2.69. The zero-order valence-corrected chi connectivity index (χ0v) is 7.54. The van der Waals surface area contributed by atoms with Crippen molar-refractivity contribution in [3.05, 3.63) is 48.2 Å². The van der Waals surface area contributed by atoms with Crippen molar-refractivity contribution in [3.63, 3.8) is 0 Å². The highest BCUT2D eigenvalue weighted by Gasteiger charge is 2.01. The molecule has 0 saturated carbocycles. The largest absolute Gasteiger partial charge is 0.254 e. The van der Waals surface area contributed by atoms with Crippen LogP contribution in [0, 0.1) is 0 Å². The molecule has 0 bridgehead atoms. The van der Waals surface area contributed by atoms with E-state index in [-0.39, 0.29) is 0 Å². The molecule has 1 rings (SSSR count). The van der Waals surface area contributed by atoms with E-state index in [9.17, 15) is 0 Å². The first-order chi connectivity index (χ1) is 5.74. The molecule has 0 N–H and O–H groups in total. The zero-order chi connectivity index (χ0) is 8.97. The molecule has 0 fully saturated rings. The number of nitrogens with zero attached hydrogens (tertiary/aromatic N) is 1. The predicted molar refractivity (Wildman–Crippen MR) is 54.3 cm³/mol. The fourth-order valence-corrected chi connectivity index (χ4v) is 1.04. The smallest absolute Gasteiger partial charge is 0.0701 e. The van der Waals surface area contributed by atoms with Crippen LogP contribution in [0.4, 0.5) is 0 Å². The molecule has 1 aliphatic carbocycles.